The Morgan fingerprint density at radius 2 is 1.73 bits per heavy atom. The molecule has 0 saturated carbocycles. The second-order valence-corrected chi connectivity index (χ2v) is 5.66. The summed E-state index contributed by atoms with van der Waals surface area (Å²) in [7, 11) is 3.06. The second kappa shape index (κ2) is 7.14. The standard InChI is InChI=1S/C20H18N2O4/c1-21(16-7-3-4-8-17(16)22-11-5-6-12-22)19(23)14-9-10-15(20(24)25)18(13-14)26-2/h3-13H,1-2H3,(H,24,25). The summed E-state index contributed by atoms with van der Waals surface area (Å²) in [5.41, 5.74) is 1.95. The Morgan fingerprint density at radius 1 is 1.04 bits per heavy atom. The second-order valence-electron chi connectivity index (χ2n) is 5.66. The Labute approximate surface area is 150 Å². The van der Waals surface area contributed by atoms with E-state index in [1.807, 2.05) is 53.4 Å². The Bertz CT molecular complexity index is 948. The predicted octanol–water partition coefficient (Wildman–Crippen LogP) is 3.46. The molecule has 0 radical (unpaired) electrons. The number of carboxylic acids is 1. The number of carbonyl (C=O) groups is 2. The topological polar surface area (TPSA) is 71.8 Å². The Hall–Kier alpha value is -3.54. The summed E-state index contributed by atoms with van der Waals surface area (Å²) >= 11 is 0. The quantitative estimate of drug-likeness (QED) is 0.765. The summed E-state index contributed by atoms with van der Waals surface area (Å²) in [5, 5.41) is 9.18. The highest BCUT2D eigenvalue weighted by molar-refractivity contribution is 6.07. The molecule has 0 atom stereocenters. The van der Waals surface area contributed by atoms with Crippen LogP contribution in [0.3, 0.4) is 0 Å². The highest BCUT2D eigenvalue weighted by Gasteiger charge is 2.20. The number of nitrogens with zero attached hydrogens (tertiary/aromatic N) is 2. The fraction of sp³-hybridized carbons (Fsp3) is 0.100. The zero-order valence-electron chi connectivity index (χ0n) is 14.4. The van der Waals surface area contributed by atoms with Crippen molar-refractivity contribution >= 4 is 17.6 Å². The minimum Gasteiger partial charge on any atom is -0.496 e. The summed E-state index contributed by atoms with van der Waals surface area (Å²) in [4.78, 5) is 25.7. The van der Waals surface area contributed by atoms with Gasteiger partial charge in [0.25, 0.3) is 5.91 Å². The van der Waals surface area contributed by atoms with Crippen LogP contribution in [-0.4, -0.2) is 35.7 Å². The summed E-state index contributed by atoms with van der Waals surface area (Å²) in [6.07, 6.45) is 3.81. The van der Waals surface area contributed by atoms with Gasteiger partial charge in [-0.25, -0.2) is 4.79 Å². The van der Waals surface area contributed by atoms with Gasteiger partial charge in [0.15, 0.2) is 0 Å². The van der Waals surface area contributed by atoms with Gasteiger partial charge in [0, 0.05) is 25.0 Å². The molecule has 0 bridgehead atoms. The van der Waals surface area contributed by atoms with Gasteiger partial charge in [-0.1, -0.05) is 12.1 Å². The number of anilines is 1. The maximum Gasteiger partial charge on any atom is 0.339 e. The van der Waals surface area contributed by atoms with Gasteiger partial charge in [0.05, 0.1) is 18.5 Å². The first-order chi connectivity index (χ1) is 12.5. The van der Waals surface area contributed by atoms with E-state index >= 15 is 0 Å². The van der Waals surface area contributed by atoms with Gasteiger partial charge in [0.1, 0.15) is 11.3 Å². The van der Waals surface area contributed by atoms with E-state index in [-0.39, 0.29) is 17.2 Å². The van der Waals surface area contributed by atoms with E-state index in [2.05, 4.69) is 0 Å². The molecule has 2 aromatic carbocycles. The molecule has 0 aliphatic carbocycles. The van der Waals surface area contributed by atoms with Gasteiger partial charge in [-0.15, -0.1) is 0 Å². The summed E-state index contributed by atoms with van der Waals surface area (Å²) in [5.74, 6) is -1.22. The number of aromatic carboxylic acids is 1. The predicted molar refractivity (Wildman–Crippen MR) is 98.5 cm³/mol. The molecule has 0 unspecified atom stereocenters. The van der Waals surface area contributed by atoms with E-state index in [1.54, 1.807) is 7.05 Å². The number of hydrogen-bond donors (Lipinski definition) is 1. The summed E-state index contributed by atoms with van der Waals surface area (Å²) in [6.45, 7) is 0. The van der Waals surface area contributed by atoms with Crippen LogP contribution in [0.4, 0.5) is 5.69 Å². The third kappa shape index (κ3) is 3.17. The minimum absolute atomic E-state index is 0.0134. The molecule has 1 amide bonds. The van der Waals surface area contributed by atoms with Crippen molar-refractivity contribution in [1.82, 2.24) is 4.57 Å². The number of para-hydroxylation sites is 2. The van der Waals surface area contributed by atoms with Gasteiger partial charge in [0.2, 0.25) is 0 Å². The van der Waals surface area contributed by atoms with Crippen molar-refractivity contribution in [3.63, 3.8) is 0 Å². The van der Waals surface area contributed by atoms with Crippen LogP contribution in [0.25, 0.3) is 5.69 Å². The number of methoxy groups -OCH3 is 1. The Kier molecular flexibility index (Phi) is 4.75. The third-order valence-corrected chi connectivity index (χ3v) is 4.11. The molecular formula is C20H18N2O4. The first kappa shape index (κ1) is 17.3. The molecular weight excluding hydrogens is 332 g/mol. The Balaban J connectivity index is 1.98. The Morgan fingerprint density at radius 3 is 2.38 bits per heavy atom. The van der Waals surface area contributed by atoms with Crippen molar-refractivity contribution in [3.8, 4) is 11.4 Å². The van der Waals surface area contributed by atoms with Crippen LogP contribution in [0.5, 0.6) is 5.75 Å². The van der Waals surface area contributed by atoms with E-state index in [0.717, 1.165) is 11.4 Å². The molecule has 0 aliphatic heterocycles. The largest absolute Gasteiger partial charge is 0.496 e. The number of hydrogen-bond acceptors (Lipinski definition) is 3. The molecule has 1 heterocycles. The molecule has 0 saturated heterocycles. The van der Waals surface area contributed by atoms with E-state index in [9.17, 15) is 14.7 Å². The van der Waals surface area contributed by atoms with Crippen molar-refractivity contribution in [2.75, 3.05) is 19.1 Å². The van der Waals surface area contributed by atoms with Gasteiger partial charge < -0.3 is 19.3 Å². The molecule has 26 heavy (non-hydrogen) atoms. The van der Waals surface area contributed by atoms with Crippen molar-refractivity contribution < 1.29 is 19.4 Å². The van der Waals surface area contributed by atoms with Crippen molar-refractivity contribution in [1.29, 1.82) is 0 Å². The van der Waals surface area contributed by atoms with E-state index in [1.165, 1.54) is 30.2 Å². The first-order valence-corrected chi connectivity index (χ1v) is 7.94. The highest BCUT2D eigenvalue weighted by atomic mass is 16.5. The molecule has 0 fully saturated rings. The summed E-state index contributed by atoms with van der Waals surface area (Å²) in [6, 6.07) is 15.7. The van der Waals surface area contributed by atoms with Gasteiger partial charge in [-0.2, -0.15) is 0 Å². The molecule has 0 spiro atoms. The SMILES string of the molecule is COc1cc(C(=O)N(C)c2ccccc2-n2cccc2)ccc1C(=O)O. The fourth-order valence-corrected chi connectivity index (χ4v) is 2.77. The van der Waals surface area contributed by atoms with E-state index < -0.39 is 5.97 Å². The van der Waals surface area contributed by atoms with Crippen LogP contribution in [0, 0.1) is 0 Å². The zero-order valence-corrected chi connectivity index (χ0v) is 14.4. The van der Waals surface area contributed by atoms with Crippen molar-refractivity contribution in [3.05, 3.63) is 78.1 Å². The molecule has 132 valence electrons. The number of rotatable bonds is 5. The molecule has 6 heteroatoms. The number of ether oxygens (including phenoxy) is 1. The van der Waals surface area contributed by atoms with E-state index in [4.69, 9.17) is 4.74 Å². The number of benzene rings is 2. The fourth-order valence-electron chi connectivity index (χ4n) is 2.77. The minimum atomic E-state index is -1.10. The number of aromatic nitrogens is 1. The lowest BCUT2D eigenvalue weighted by molar-refractivity contribution is 0.0692. The molecule has 0 aliphatic rings. The van der Waals surface area contributed by atoms with Crippen LogP contribution in [-0.2, 0) is 0 Å². The normalized spacial score (nSPS) is 10.4. The van der Waals surface area contributed by atoms with Gasteiger partial charge in [-0.3, -0.25) is 4.79 Å². The maximum absolute atomic E-state index is 12.9. The monoisotopic (exact) mass is 350 g/mol. The van der Waals surface area contributed by atoms with Crippen molar-refractivity contribution in [2.24, 2.45) is 0 Å². The van der Waals surface area contributed by atoms with E-state index in [0.29, 0.717) is 5.56 Å². The smallest absolute Gasteiger partial charge is 0.339 e. The van der Waals surface area contributed by atoms with Crippen LogP contribution >= 0.6 is 0 Å². The molecule has 6 nitrogen and oxygen atoms in total. The zero-order chi connectivity index (χ0) is 18.7. The molecule has 3 aromatic rings. The van der Waals surface area contributed by atoms with Crippen LogP contribution in [0.15, 0.2) is 67.0 Å². The average Bonchev–Trinajstić information content (AvgIpc) is 3.20. The number of amides is 1. The van der Waals surface area contributed by atoms with Crippen LogP contribution in [0.1, 0.15) is 20.7 Å². The average molecular weight is 350 g/mol. The lowest BCUT2D eigenvalue weighted by atomic mass is 10.1. The number of carboxylic acid groups (broad SMARTS) is 1. The van der Waals surface area contributed by atoms with Gasteiger partial charge >= 0.3 is 5.97 Å². The van der Waals surface area contributed by atoms with Crippen molar-refractivity contribution in [2.45, 2.75) is 0 Å². The number of carbonyl (C=O) groups excluding carboxylic acids is 1. The lowest BCUT2D eigenvalue weighted by Gasteiger charge is -2.21. The third-order valence-electron chi connectivity index (χ3n) is 4.11. The molecule has 1 aromatic heterocycles. The highest BCUT2D eigenvalue weighted by Crippen LogP contribution is 2.26. The summed E-state index contributed by atoms with van der Waals surface area (Å²) < 4.78 is 7.03. The first-order valence-electron chi connectivity index (χ1n) is 7.94. The van der Waals surface area contributed by atoms with Gasteiger partial charge in [-0.05, 0) is 42.5 Å². The van der Waals surface area contributed by atoms with Crippen LogP contribution < -0.4 is 9.64 Å². The molecule has 1 N–H and O–H groups in total. The maximum atomic E-state index is 12.9. The molecule has 3 rings (SSSR count). The lowest BCUT2D eigenvalue weighted by Crippen LogP contribution is -2.27. The van der Waals surface area contributed by atoms with Crippen LogP contribution in [0.2, 0.25) is 0 Å².